The quantitative estimate of drug-likeness (QED) is 0.545. The first kappa shape index (κ1) is 22.4. The minimum Gasteiger partial charge on any atom is -0.495 e. The van der Waals surface area contributed by atoms with Crippen molar-refractivity contribution in [3.63, 3.8) is 0 Å². The molecular weight excluding hydrogens is 435 g/mol. The molecule has 2 heterocycles. The molecule has 2 aliphatic rings. The Bertz CT molecular complexity index is 1210. The van der Waals surface area contributed by atoms with E-state index in [1.807, 2.05) is 20.8 Å². The van der Waals surface area contributed by atoms with Gasteiger partial charge in [0.1, 0.15) is 22.8 Å². The highest BCUT2D eigenvalue weighted by Crippen LogP contribution is 2.45. The van der Waals surface area contributed by atoms with Crippen LogP contribution in [0.3, 0.4) is 0 Å². The Labute approximate surface area is 188 Å². The van der Waals surface area contributed by atoms with E-state index in [9.17, 15) is 19.7 Å². The third-order valence-electron chi connectivity index (χ3n) is 5.64. The van der Waals surface area contributed by atoms with Gasteiger partial charge in [0.2, 0.25) is 17.5 Å². The Hall–Kier alpha value is -3.76. The molecule has 1 aromatic heterocycles. The molecule has 0 saturated carbocycles. The van der Waals surface area contributed by atoms with Crippen LogP contribution in [0.25, 0.3) is 17.5 Å². The van der Waals surface area contributed by atoms with Crippen molar-refractivity contribution < 1.29 is 28.1 Å². The van der Waals surface area contributed by atoms with Crippen LogP contribution in [-0.2, 0) is 16.6 Å². The van der Waals surface area contributed by atoms with Gasteiger partial charge in [-0.15, -0.1) is 0 Å². The van der Waals surface area contributed by atoms with E-state index in [1.54, 1.807) is 0 Å². The van der Waals surface area contributed by atoms with Crippen LogP contribution in [-0.4, -0.2) is 35.5 Å². The number of imide groups is 1. The Morgan fingerprint density at radius 2 is 2.00 bits per heavy atom. The van der Waals surface area contributed by atoms with Crippen LogP contribution in [0.4, 0.5) is 14.9 Å². The summed E-state index contributed by atoms with van der Waals surface area (Å²) in [6.45, 7) is 5.72. The number of halogens is 1. The number of hydrogen-bond donors (Lipinski definition) is 1. The lowest BCUT2D eigenvalue weighted by molar-refractivity contribution is -0.426. The second-order valence-electron chi connectivity index (χ2n) is 8.89. The standard InChI is InChI=1S/C22H23FN4O6/c1-22(2,3)12-10-14(26-8-7-16(28)25-21(26)29)18(23)17(19(12)32-4)20-24-13-9-11(27(30)31)5-6-15(13)33-20/h9-10H,5-8H2,1-4H3,(H,25,28,29). The first-order chi connectivity index (χ1) is 15.5. The maximum Gasteiger partial charge on any atom is 0.328 e. The number of nitrogens with zero attached hydrogens (tertiary/aromatic N) is 3. The largest absolute Gasteiger partial charge is 0.495 e. The molecule has 0 unspecified atom stereocenters. The highest BCUT2D eigenvalue weighted by Gasteiger charge is 2.35. The van der Waals surface area contributed by atoms with Crippen LogP contribution in [0.1, 0.15) is 50.6 Å². The molecule has 1 fully saturated rings. The number of hydrogen-bond acceptors (Lipinski definition) is 7. The van der Waals surface area contributed by atoms with E-state index >= 15 is 4.39 Å². The fourth-order valence-corrected chi connectivity index (χ4v) is 3.96. The Kier molecular flexibility index (Phi) is 5.43. The number of oxazole rings is 1. The summed E-state index contributed by atoms with van der Waals surface area (Å²) < 4.78 is 27.4. The smallest absolute Gasteiger partial charge is 0.328 e. The van der Waals surface area contributed by atoms with E-state index < -0.39 is 28.1 Å². The average molecular weight is 458 g/mol. The minimum absolute atomic E-state index is 0.00595. The second kappa shape index (κ2) is 7.98. The number of carbonyl (C=O) groups excluding carboxylic acids is 2. The number of ether oxygens (including phenoxy) is 1. The topological polar surface area (TPSA) is 128 Å². The van der Waals surface area contributed by atoms with E-state index in [4.69, 9.17) is 9.15 Å². The molecule has 0 radical (unpaired) electrons. The van der Waals surface area contributed by atoms with E-state index in [-0.39, 0.29) is 60.1 Å². The number of carbonyl (C=O) groups is 2. The predicted molar refractivity (Wildman–Crippen MR) is 116 cm³/mol. The second-order valence-corrected chi connectivity index (χ2v) is 8.89. The number of aryl methyl sites for hydroxylation is 1. The molecule has 33 heavy (non-hydrogen) atoms. The minimum atomic E-state index is -0.804. The number of amides is 3. The van der Waals surface area contributed by atoms with Crippen molar-refractivity contribution in [3.05, 3.63) is 44.7 Å². The highest BCUT2D eigenvalue weighted by atomic mass is 19.1. The van der Waals surface area contributed by atoms with Crippen molar-refractivity contribution in [1.82, 2.24) is 10.3 Å². The van der Waals surface area contributed by atoms with Crippen LogP contribution in [0, 0.1) is 15.9 Å². The molecule has 0 atom stereocenters. The zero-order chi connectivity index (χ0) is 24.1. The molecule has 3 amide bonds. The molecule has 11 heteroatoms. The summed E-state index contributed by atoms with van der Waals surface area (Å²) in [7, 11) is 1.40. The van der Waals surface area contributed by atoms with Gasteiger partial charge in [0, 0.05) is 37.4 Å². The Morgan fingerprint density at radius 1 is 1.27 bits per heavy atom. The van der Waals surface area contributed by atoms with Gasteiger partial charge in [0.05, 0.1) is 17.7 Å². The van der Waals surface area contributed by atoms with Crippen molar-refractivity contribution in [2.75, 3.05) is 18.6 Å². The summed E-state index contributed by atoms with van der Waals surface area (Å²) in [5.74, 6) is -0.747. The number of methoxy groups -OCH3 is 1. The summed E-state index contributed by atoms with van der Waals surface area (Å²) in [5.41, 5.74) is 0.199. The maximum atomic E-state index is 16.0. The number of anilines is 1. The maximum absolute atomic E-state index is 16.0. The SMILES string of the molecule is COc1c(C(C)(C)C)cc(N2CCC(=O)NC2=O)c(F)c1-c1nc2c(o1)CCC([N+](=O)[O-])=C2. The lowest BCUT2D eigenvalue weighted by atomic mass is 9.84. The van der Waals surface area contributed by atoms with E-state index in [2.05, 4.69) is 10.3 Å². The lowest BCUT2D eigenvalue weighted by Crippen LogP contribution is -2.50. The van der Waals surface area contributed by atoms with Gasteiger partial charge < -0.3 is 9.15 Å². The van der Waals surface area contributed by atoms with Gasteiger partial charge in [-0.2, -0.15) is 0 Å². The molecule has 1 aromatic carbocycles. The van der Waals surface area contributed by atoms with E-state index in [0.29, 0.717) is 11.3 Å². The van der Waals surface area contributed by atoms with E-state index in [1.165, 1.54) is 19.3 Å². The lowest BCUT2D eigenvalue weighted by Gasteiger charge is -2.30. The molecule has 2 aromatic rings. The molecule has 4 rings (SSSR count). The van der Waals surface area contributed by atoms with Crippen LogP contribution in [0.5, 0.6) is 5.75 Å². The Morgan fingerprint density at radius 3 is 2.61 bits per heavy atom. The molecule has 1 aliphatic carbocycles. The third kappa shape index (κ3) is 3.94. The summed E-state index contributed by atoms with van der Waals surface area (Å²) in [6, 6.07) is 0.798. The molecule has 0 spiro atoms. The van der Waals surface area contributed by atoms with Crippen molar-refractivity contribution in [3.8, 4) is 17.2 Å². The number of rotatable bonds is 4. The monoisotopic (exact) mass is 458 g/mol. The van der Waals surface area contributed by atoms with Gasteiger partial charge in [0.25, 0.3) is 0 Å². The first-order valence-electron chi connectivity index (χ1n) is 10.4. The normalized spacial score (nSPS) is 16.3. The molecule has 174 valence electrons. The van der Waals surface area contributed by atoms with E-state index in [0.717, 1.165) is 4.90 Å². The number of allylic oxidation sites excluding steroid dienone is 1. The number of fused-ring (bicyclic) bond motifs is 1. The third-order valence-corrected chi connectivity index (χ3v) is 5.64. The van der Waals surface area contributed by atoms with Gasteiger partial charge in [0.15, 0.2) is 5.82 Å². The Balaban J connectivity index is 1.94. The summed E-state index contributed by atoms with van der Waals surface area (Å²) in [4.78, 5) is 40.2. The first-order valence-corrected chi connectivity index (χ1v) is 10.4. The van der Waals surface area contributed by atoms with Gasteiger partial charge in [-0.05, 0) is 11.5 Å². The fourth-order valence-electron chi connectivity index (χ4n) is 3.96. The molecular formula is C22H23FN4O6. The number of nitro groups is 1. The van der Waals surface area contributed by atoms with Crippen molar-refractivity contribution in [2.24, 2.45) is 0 Å². The molecule has 1 saturated heterocycles. The molecule has 1 aliphatic heterocycles. The predicted octanol–water partition coefficient (Wildman–Crippen LogP) is 3.80. The van der Waals surface area contributed by atoms with Crippen LogP contribution >= 0.6 is 0 Å². The molecule has 0 bridgehead atoms. The summed E-state index contributed by atoms with van der Waals surface area (Å²) >= 11 is 0. The fraction of sp³-hybridized carbons (Fsp3) is 0.409. The zero-order valence-corrected chi connectivity index (χ0v) is 18.7. The van der Waals surface area contributed by atoms with Crippen molar-refractivity contribution in [1.29, 1.82) is 0 Å². The van der Waals surface area contributed by atoms with Crippen molar-refractivity contribution >= 4 is 23.7 Å². The van der Waals surface area contributed by atoms with Gasteiger partial charge in [-0.3, -0.25) is 25.1 Å². The average Bonchev–Trinajstić information content (AvgIpc) is 3.15. The van der Waals surface area contributed by atoms with Crippen LogP contribution in [0.15, 0.2) is 16.2 Å². The number of aromatic nitrogens is 1. The van der Waals surface area contributed by atoms with Gasteiger partial charge >= 0.3 is 6.03 Å². The number of urea groups is 1. The van der Waals surface area contributed by atoms with Crippen LogP contribution in [0.2, 0.25) is 0 Å². The number of nitrogens with one attached hydrogen (secondary N) is 1. The van der Waals surface area contributed by atoms with Crippen LogP contribution < -0.4 is 15.0 Å². The molecule has 1 N–H and O–H groups in total. The number of benzene rings is 1. The van der Waals surface area contributed by atoms with Gasteiger partial charge in [-0.1, -0.05) is 20.8 Å². The summed E-state index contributed by atoms with van der Waals surface area (Å²) in [5, 5.41) is 13.4. The summed E-state index contributed by atoms with van der Waals surface area (Å²) in [6.07, 6.45) is 1.76. The zero-order valence-electron chi connectivity index (χ0n) is 18.7. The molecule has 10 nitrogen and oxygen atoms in total. The highest BCUT2D eigenvalue weighted by molar-refractivity contribution is 6.06. The van der Waals surface area contributed by atoms with Gasteiger partial charge in [-0.25, -0.2) is 14.2 Å². The van der Waals surface area contributed by atoms with Crippen molar-refractivity contribution in [2.45, 2.75) is 45.4 Å².